The molecule has 0 saturated carbocycles. The van der Waals surface area contributed by atoms with Gasteiger partial charge in [-0.05, 0) is 31.9 Å². The molecule has 126 valence electrons. The summed E-state index contributed by atoms with van der Waals surface area (Å²) in [6.45, 7) is 5.65. The van der Waals surface area contributed by atoms with Crippen LogP contribution in [-0.2, 0) is 16.0 Å². The second-order valence-electron chi connectivity index (χ2n) is 5.16. The van der Waals surface area contributed by atoms with Gasteiger partial charge < -0.3 is 15.3 Å². The predicted molar refractivity (Wildman–Crippen MR) is 87.3 cm³/mol. The predicted octanol–water partition coefficient (Wildman–Crippen LogP) is 1.69. The Morgan fingerprint density at radius 2 is 1.78 bits per heavy atom. The molecule has 1 aromatic rings. The van der Waals surface area contributed by atoms with E-state index in [4.69, 9.17) is 5.11 Å². The number of nitrogens with zero attached hydrogens (tertiary/aromatic N) is 1. The number of carboxylic acid groups (broad SMARTS) is 1. The average Bonchev–Trinajstić information content (AvgIpc) is 2.53. The highest BCUT2D eigenvalue weighted by molar-refractivity contribution is 5.91. The number of carboxylic acids is 1. The maximum Gasteiger partial charge on any atom is 0.335 e. The summed E-state index contributed by atoms with van der Waals surface area (Å²) in [6.07, 6.45) is 0.988. The van der Waals surface area contributed by atoms with Crippen LogP contribution in [0.2, 0.25) is 0 Å². The fourth-order valence-electron chi connectivity index (χ4n) is 2.32. The van der Waals surface area contributed by atoms with Crippen LogP contribution >= 0.6 is 0 Å². The van der Waals surface area contributed by atoms with Crippen LogP contribution in [0, 0.1) is 0 Å². The Hall–Kier alpha value is -2.37. The molecule has 0 heterocycles. The molecule has 0 fully saturated rings. The van der Waals surface area contributed by atoms with Crippen molar-refractivity contribution < 1.29 is 19.5 Å². The zero-order valence-electron chi connectivity index (χ0n) is 13.7. The number of amides is 2. The minimum absolute atomic E-state index is 0.0203. The van der Waals surface area contributed by atoms with Gasteiger partial charge in [-0.3, -0.25) is 9.59 Å². The molecule has 0 aromatic heterocycles. The molecule has 0 atom stereocenters. The molecule has 0 aliphatic heterocycles. The molecule has 0 unspecified atom stereocenters. The van der Waals surface area contributed by atoms with Gasteiger partial charge >= 0.3 is 5.97 Å². The highest BCUT2D eigenvalue weighted by Gasteiger charge is 2.13. The molecule has 1 rings (SSSR count). The number of hydrogen-bond acceptors (Lipinski definition) is 3. The van der Waals surface area contributed by atoms with Gasteiger partial charge in [0.1, 0.15) is 0 Å². The number of nitrogens with one attached hydrogen (secondary N) is 1. The van der Waals surface area contributed by atoms with E-state index in [1.54, 1.807) is 23.1 Å². The van der Waals surface area contributed by atoms with E-state index in [9.17, 15) is 14.4 Å². The minimum Gasteiger partial charge on any atom is -0.478 e. The van der Waals surface area contributed by atoms with Crippen molar-refractivity contribution in [2.75, 3.05) is 19.6 Å². The Balaban J connectivity index is 2.38. The van der Waals surface area contributed by atoms with E-state index in [0.29, 0.717) is 38.0 Å². The summed E-state index contributed by atoms with van der Waals surface area (Å²) >= 11 is 0. The van der Waals surface area contributed by atoms with Gasteiger partial charge in [0.15, 0.2) is 0 Å². The molecule has 1 aromatic carbocycles. The van der Waals surface area contributed by atoms with Crippen LogP contribution in [0.5, 0.6) is 0 Å². The van der Waals surface area contributed by atoms with E-state index in [1.807, 2.05) is 13.8 Å². The lowest BCUT2D eigenvalue weighted by atomic mass is 10.0. The third kappa shape index (κ3) is 6.10. The molecule has 0 aliphatic rings. The Morgan fingerprint density at radius 1 is 1.13 bits per heavy atom. The van der Waals surface area contributed by atoms with E-state index in [0.717, 1.165) is 0 Å². The van der Waals surface area contributed by atoms with Crippen molar-refractivity contribution in [2.45, 2.75) is 33.1 Å². The highest BCUT2D eigenvalue weighted by Crippen LogP contribution is 2.09. The van der Waals surface area contributed by atoms with Gasteiger partial charge in [0.05, 0.1) is 12.0 Å². The molecule has 0 spiro atoms. The lowest BCUT2D eigenvalue weighted by Crippen LogP contribution is -2.32. The van der Waals surface area contributed by atoms with Gasteiger partial charge in [0.2, 0.25) is 11.8 Å². The lowest BCUT2D eigenvalue weighted by Gasteiger charge is -2.18. The first-order chi connectivity index (χ1) is 11.0. The summed E-state index contributed by atoms with van der Waals surface area (Å²) in [6, 6.07) is 6.45. The number of carbonyl (C=O) groups excluding carboxylic acids is 2. The number of carbonyl (C=O) groups is 3. The molecule has 0 aliphatic carbocycles. The molecule has 0 bridgehead atoms. The van der Waals surface area contributed by atoms with Crippen molar-refractivity contribution in [1.82, 2.24) is 10.2 Å². The molecule has 23 heavy (non-hydrogen) atoms. The van der Waals surface area contributed by atoms with Crippen LogP contribution < -0.4 is 5.32 Å². The van der Waals surface area contributed by atoms with Crippen LogP contribution in [0.25, 0.3) is 0 Å². The molecular formula is C17H24N2O4. The van der Waals surface area contributed by atoms with Crippen molar-refractivity contribution in [3.05, 3.63) is 35.4 Å². The maximum atomic E-state index is 11.9. The topological polar surface area (TPSA) is 86.7 Å². The van der Waals surface area contributed by atoms with Crippen molar-refractivity contribution in [3.63, 3.8) is 0 Å². The van der Waals surface area contributed by atoms with Crippen molar-refractivity contribution >= 4 is 17.8 Å². The summed E-state index contributed by atoms with van der Waals surface area (Å²) in [7, 11) is 0. The van der Waals surface area contributed by atoms with Crippen molar-refractivity contribution in [1.29, 1.82) is 0 Å². The SMILES string of the molecule is CCN(CC)C(=O)CCCNC(=O)Cc1ccccc1C(=O)O. The van der Waals surface area contributed by atoms with E-state index < -0.39 is 5.97 Å². The summed E-state index contributed by atoms with van der Waals surface area (Å²) in [5, 5.41) is 11.8. The first-order valence-electron chi connectivity index (χ1n) is 7.85. The van der Waals surface area contributed by atoms with Gasteiger partial charge in [-0.25, -0.2) is 4.79 Å². The third-order valence-electron chi connectivity index (χ3n) is 3.60. The Morgan fingerprint density at radius 3 is 2.39 bits per heavy atom. The zero-order chi connectivity index (χ0) is 17.2. The van der Waals surface area contributed by atoms with Crippen LogP contribution in [0.4, 0.5) is 0 Å². The van der Waals surface area contributed by atoms with E-state index in [-0.39, 0.29) is 23.8 Å². The van der Waals surface area contributed by atoms with Gasteiger partial charge in [0, 0.05) is 26.1 Å². The monoisotopic (exact) mass is 320 g/mol. The van der Waals surface area contributed by atoms with Gasteiger partial charge in [-0.15, -0.1) is 0 Å². The fourth-order valence-corrected chi connectivity index (χ4v) is 2.32. The Bertz CT molecular complexity index is 553. The largest absolute Gasteiger partial charge is 0.478 e. The van der Waals surface area contributed by atoms with Crippen molar-refractivity contribution in [3.8, 4) is 0 Å². The average molecular weight is 320 g/mol. The standard InChI is InChI=1S/C17H24N2O4/c1-3-19(4-2)16(21)10-7-11-18-15(20)12-13-8-5-6-9-14(13)17(22)23/h5-6,8-9H,3-4,7,10-12H2,1-2H3,(H,18,20)(H,22,23). The summed E-state index contributed by atoms with van der Waals surface area (Å²) in [5.41, 5.74) is 0.621. The van der Waals surface area contributed by atoms with Crippen LogP contribution in [0.3, 0.4) is 0 Å². The Kier molecular flexibility index (Phi) is 7.80. The van der Waals surface area contributed by atoms with Gasteiger partial charge in [-0.2, -0.15) is 0 Å². The third-order valence-corrected chi connectivity index (χ3v) is 3.60. The van der Waals surface area contributed by atoms with Crippen LogP contribution in [-0.4, -0.2) is 47.4 Å². The van der Waals surface area contributed by atoms with E-state index >= 15 is 0 Å². The summed E-state index contributed by atoms with van der Waals surface area (Å²) < 4.78 is 0. The van der Waals surface area contributed by atoms with Gasteiger partial charge in [-0.1, -0.05) is 18.2 Å². The minimum atomic E-state index is -1.04. The van der Waals surface area contributed by atoms with E-state index in [2.05, 4.69) is 5.32 Å². The highest BCUT2D eigenvalue weighted by atomic mass is 16.4. The smallest absolute Gasteiger partial charge is 0.335 e. The second kappa shape index (κ2) is 9.61. The molecule has 6 nitrogen and oxygen atoms in total. The van der Waals surface area contributed by atoms with Gasteiger partial charge in [0.25, 0.3) is 0 Å². The summed E-state index contributed by atoms with van der Waals surface area (Å²) in [4.78, 5) is 36.5. The molecule has 0 radical (unpaired) electrons. The number of benzene rings is 1. The van der Waals surface area contributed by atoms with Crippen LogP contribution in [0.1, 0.15) is 42.6 Å². The summed E-state index contributed by atoms with van der Waals surface area (Å²) in [5.74, 6) is -1.20. The normalized spacial score (nSPS) is 10.2. The lowest BCUT2D eigenvalue weighted by molar-refractivity contribution is -0.131. The van der Waals surface area contributed by atoms with Crippen LogP contribution in [0.15, 0.2) is 24.3 Å². The first-order valence-corrected chi connectivity index (χ1v) is 7.85. The quantitative estimate of drug-likeness (QED) is 0.678. The molecule has 6 heteroatoms. The second-order valence-corrected chi connectivity index (χ2v) is 5.16. The number of rotatable bonds is 9. The Labute approximate surface area is 136 Å². The van der Waals surface area contributed by atoms with E-state index in [1.165, 1.54) is 6.07 Å². The molecular weight excluding hydrogens is 296 g/mol. The molecule has 0 saturated heterocycles. The fraction of sp³-hybridized carbons (Fsp3) is 0.471. The first kappa shape index (κ1) is 18.7. The number of aromatic carboxylic acids is 1. The zero-order valence-corrected chi connectivity index (χ0v) is 13.7. The van der Waals surface area contributed by atoms with Crippen molar-refractivity contribution in [2.24, 2.45) is 0 Å². The molecule has 2 N–H and O–H groups in total. The molecule has 2 amide bonds. The maximum absolute atomic E-state index is 11.9. The number of hydrogen-bond donors (Lipinski definition) is 2.